The van der Waals surface area contributed by atoms with Crippen molar-refractivity contribution in [1.82, 2.24) is 9.88 Å². The van der Waals surface area contributed by atoms with Gasteiger partial charge in [-0.1, -0.05) is 47.2 Å². The first kappa shape index (κ1) is 20.8. The summed E-state index contributed by atoms with van der Waals surface area (Å²) in [6.45, 7) is 6.56. The number of benzene rings is 2. The largest absolute Gasteiger partial charge is 0.302 e. The molecule has 0 spiro atoms. The maximum atomic E-state index is 14.2. The lowest BCUT2D eigenvalue weighted by atomic mass is 10.1. The Bertz CT molecular complexity index is 970. The predicted octanol–water partition coefficient (Wildman–Crippen LogP) is 5.33. The van der Waals surface area contributed by atoms with Crippen molar-refractivity contribution in [2.24, 2.45) is 0 Å². The van der Waals surface area contributed by atoms with Gasteiger partial charge in [0.2, 0.25) is 0 Å². The summed E-state index contributed by atoms with van der Waals surface area (Å²) in [6, 6.07) is 9.05. The quantitative estimate of drug-likeness (QED) is 0.471. The second-order valence-electron chi connectivity index (χ2n) is 6.19. The van der Waals surface area contributed by atoms with E-state index in [2.05, 4.69) is 25.8 Å². The van der Waals surface area contributed by atoms with E-state index in [1.54, 1.807) is 0 Å². The normalized spacial score (nSPS) is 11.4. The molecule has 148 valence electrons. The average molecular weight is 468 g/mol. The lowest BCUT2D eigenvalue weighted by molar-refractivity contribution is 0.0975. The first-order valence-corrected chi connectivity index (χ1v) is 10.6. The van der Waals surface area contributed by atoms with Gasteiger partial charge in [-0.2, -0.15) is 0 Å². The van der Waals surface area contributed by atoms with Crippen molar-refractivity contribution in [2.75, 3.05) is 31.1 Å². The highest BCUT2D eigenvalue weighted by molar-refractivity contribution is 9.10. The zero-order valence-corrected chi connectivity index (χ0v) is 18.0. The van der Waals surface area contributed by atoms with Crippen molar-refractivity contribution >= 4 is 48.5 Å². The molecular weight excluding hydrogens is 448 g/mol. The van der Waals surface area contributed by atoms with Crippen LogP contribution in [0.25, 0.3) is 10.2 Å². The maximum absolute atomic E-state index is 14.2. The molecule has 8 heteroatoms. The summed E-state index contributed by atoms with van der Waals surface area (Å²) in [6.07, 6.45) is 0. The number of halogens is 3. The number of carbonyl (C=O) groups excluding carboxylic acids is 1. The number of hydrogen-bond acceptors (Lipinski definition) is 4. The van der Waals surface area contributed by atoms with Crippen LogP contribution in [-0.4, -0.2) is 42.0 Å². The lowest BCUT2D eigenvalue weighted by Crippen LogP contribution is -2.39. The Labute approximate surface area is 174 Å². The smallest absolute Gasteiger partial charge is 0.266 e. The van der Waals surface area contributed by atoms with Crippen LogP contribution in [0.1, 0.15) is 24.2 Å². The van der Waals surface area contributed by atoms with Gasteiger partial charge in [-0.3, -0.25) is 9.69 Å². The van der Waals surface area contributed by atoms with E-state index < -0.39 is 23.1 Å². The number of fused-ring (bicyclic) bond motifs is 1. The minimum atomic E-state index is -0.873. The molecule has 4 nitrogen and oxygen atoms in total. The number of rotatable bonds is 7. The fourth-order valence-corrected chi connectivity index (χ4v) is 4.45. The molecule has 0 fully saturated rings. The molecule has 0 aliphatic heterocycles. The summed E-state index contributed by atoms with van der Waals surface area (Å²) in [5.41, 5.74) is 0.181. The number of hydrogen-bond donors (Lipinski definition) is 0. The third-order valence-corrected chi connectivity index (χ3v) is 6.06. The maximum Gasteiger partial charge on any atom is 0.266 e. The van der Waals surface area contributed by atoms with Gasteiger partial charge < -0.3 is 4.90 Å². The molecule has 1 amide bonds. The Kier molecular flexibility index (Phi) is 6.74. The third kappa shape index (κ3) is 4.39. The molecule has 0 N–H and O–H groups in total. The molecule has 0 aliphatic rings. The average Bonchev–Trinajstić information content (AvgIpc) is 3.07. The van der Waals surface area contributed by atoms with E-state index >= 15 is 0 Å². The van der Waals surface area contributed by atoms with E-state index in [1.807, 2.05) is 32.0 Å². The highest BCUT2D eigenvalue weighted by atomic mass is 79.9. The van der Waals surface area contributed by atoms with Gasteiger partial charge in [-0.15, -0.1) is 0 Å². The Balaban J connectivity index is 2.01. The Morgan fingerprint density at radius 1 is 1.11 bits per heavy atom. The van der Waals surface area contributed by atoms with Crippen LogP contribution < -0.4 is 4.90 Å². The first-order valence-electron chi connectivity index (χ1n) is 8.98. The van der Waals surface area contributed by atoms with Crippen molar-refractivity contribution in [3.8, 4) is 0 Å². The van der Waals surface area contributed by atoms with Gasteiger partial charge in [0, 0.05) is 17.6 Å². The molecule has 1 heterocycles. The van der Waals surface area contributed by atoms with Crippen LogP contribution in [0.4, 0.5) is 13.9 Å². The van der Waals surface area contributed by atoms with Crippen LogP contribution in [0.3, 0.4) is 0 Å². The van der Waals surface area contributed by atoms with Crippen molar-refractivity contribution in [2.45, 2.75) is 13.8 Å². The Hall–Kier alpha value is -1.90. The highest BCUT2D eigenvalue weighted by Crippen LogP contribution is 2.32. The van der Waals surface area contributed by atoms with E-state index in [0.717, 1.165) is 39.9 Å². The summed E-state index contributed by atoms with van der Waals surface area (Å²) in [5, 5.41) is 0.424. The Morgan fingerprint density at radius 3 is 2.43 bits per heavy atom. The monoisotopic (exact) mass is 467 g/mol. The molecule has 0 atom stereocenters. The highest BCUT2D eigenvalue weighted by Gasteiger charge is 2.26. The molecule has 0 bridgehead atoms. The summed E-state index contributed by atoms with van der Waals surface area (Å²) in [4.78, 5) is 21.1. The SMILES string of the molecule is CCN(CC)CCN(C(=O)c1c(F)cccc1F)c1nc2ccc(Br)cc2s1. The number of carbonyl (C=O) groups is 1. The molecule has 2 aromatic carbocycles. The first-order chi connectivity index (χ1) is 13.4. The minimum absolute atomic E-state index is 0.287. The molecule has 0 unspecified atom stereocenters. The van der Waals surface area contributed by atoms with Crippen molar-refractivity contribution < 1.29 is 13.6 Å². The van der Waals surface area contributed by atoms with E-state index in [9.17, 15) is 13.6 Å². The van der Waals surface area contributed by atoms with Crippen molar-refractivity contribution in [1.29, 1.82) is 0 Å². The number of amides is 1. The van der Waals surface area contributed by atoms with E-state index in [0.29, 0.717) is 11.7 Å². The predicted molar refractivity (Wildman–Crippen MR) is 113 cm³/mol. The van der Waals surface area contributed by atoms with Crippen LogP contribution in [0, 0.1) is 11.6 Å². The second-order valence-corrected chi connectivity index (χ2v) is 8.11. The molecule has 0 saturated heterocycles. The van der Waals surface area contributed by atoms with Gasteiger partial charge in [-0.05, 0) is 43.4 Å². The molecule has 1 aromatic heterocycles. The van der Waals surface area contributed by atoms with Crippen molar-refractivity contribution in [3.63, 3.8) is 0 Å². The van der Waals surface area contributed by atoms with Gasteiger partial charge >= 0.3 is 0 Å². The van der Waals surface area contributed by atoms with E-state index in [4.69, 9.17) is 0 Å². The zero-order valence-electron chi connectivity index (χ0n) is 15.6. The third-order valence-electron chi connectivity index (χ3n) is 4.53. The molecule has 3 rings (SSSR count). The minimum Gasteiger partial charge on any atom is -0.302 e. The van der Waals surface area contributed by atoms with Crippen LogP contribution in [-0.2, 0) is 0 Å². The van der Waals surface area contributed by atoms with Crippen LogP contribution in [0.15, 0.2) is 40.9 Å². The van der Waals surface area contributed by atoms with Gasteiger partial charge in [0.05, 0.1) is 10.2 Å². The number of aromatic nitrogens is 1. The van der Waals surface area contributed by atoms with Gasteiger partial charge in [0.25, 0.3) is 5.91 Å². The standard InChI is InChI=1S/C20H20BrF2N3OS/c1-3-25(4-2)10-11-26(19(27)18-14(22)6-5-7-15(18)23)20-24-16-9-8-13(21)12-17(16)28-20/h5-9,12H,3-4,10-11H2,1-2H3. The number of thiazole rings is 1. The van der Waals surface area contributed by atoms with Crippen LogP contribution in [0.5, 0.6) is 0 Å². The number of anilines is 1. The van der Waals surface area contributed by atoms with Crippen LogP contribution >= 0.6 is 27.3 Å². The fourth-order valence-electron chi connectivity index (χ4n) is 2.90. The molecule has 0 aliphatic carbocycles. The summed E-state index contributed by atoms with van der Waals surface area (Å²) >= 11 is 4.75. The summed E-state index contributed by atoms with van der Waals surface area (Å²) in [5.74, 6) is -2.47. The second kappa shape index (κ2) is 9.07. The fraction of sp³-hybridized carbons (Fsp3) is 0.300. The molecule has 0 radical (unpaired) electrons. The molecule has 3 aromatic rings. The van der Waals surface area contributed by atoms with Gasteiger partial charge in [0.1, 0.15) is 17.2 Å². The molecular formula is C20H20BrF2N3OS. The van der Waals surface area contributed by atoms with Gasteiger partial charge in [-0.25, -0.2) is 13.8 Å². The topological polar surface area (TPSA) is 36.4 Å². The number of likely N-dealkylation sites (N-methyl/N-ethyl adjacent to an activating group) is 1. The summed E-state index contributed by atoms with van der Waals surface area (Å²) in [7, 11) is 0. The lowest BCUT2D eigenvalue weighted by Gasteiger charge is -2.25. The molecule has 28 heavy (non-hydrogen) atoms. The van der Waals surface area contributed by atoms with Crippen molar-refractivity contribution in [3.05, 3.63) is 58.1 Å². The van der Waals surface area contributed by atoms with Crippen LogP contribution in [0.2, 0.25) is 0 Å². The number of nitrogens with zero attached hydrogens (tertiary/aromatic N) is 3. The van der Waals surface area contributed by atoms with E-state index in [-0.39, 0.29) is 6.54 Å². The van der Waals surface area contributed by atoms with Gasteiger partial charge in [0.15, 0.2) is 5.13 Å². The molecule has 0 saturated carbocycles. The zero-order chi connectivity index (χ0) is 20.3. The van der Waals surface area contributed by atoms with E-state index in [1.165, 1.54) is 22.3 Å². The summed E-state index contributed by atoms with van der Waals surface area (Å²) < 4.78 is 30.3. The Morgan fingerprint density at radius 2 is 1.79 bits per heavy atom.